The summed E-state index contributed by atoms with van der Waals surface area (Å²) in [5.41, 5.74) is -0.548. The predicted molar refractivity (Wildman–Crippen MR) is 81.1 cm³/mol. The summed E-state index contributed by atoms with van der Waals surface area (Å²) in [6, 6.07) is -0.221. The number of hydrogen-bond acceptors (Lipinski definition) is 4. The fourth-order valence-corrected chi connectivity index (χ4v) is 1.45. The maximum Gasteiger partial charge on any atom is 0.407 e. The second-order valence-corrected chi connectivity index (χ2v) is 6.50. The van der Waals surface area contributed by atoms with Crippen molar-refractivity contribution in [1.29, 1.82) is 0 Å². The first-order chi connectivity index (χ1) is 9.15. The van der Waals surface area contributed by atoms with Gasteiger partial charge in [0.1, 0.15) is 12.2 Å². The van der Waals surface area contributed by atoms with Crippen molar-refractivity contribution in [3.05, 3.63) is 0 Å². The topological polar surface area (TPSA) is 76.7 Å². The maximum absolute atomic E-state index is 11.7. The molecule has 0 aromatic carbocycles. The van der Waals surface area contributed by atoms with Gasteiger partial charge >= 0.3 is 12.2 Å². The maximum atomic E-state index is 11.7. The zero-order valence-electron chi connectivity index (χ0n) is 12.8. The third-order valence-electron chi connectivity index (χ3n) is 2.28. The smallest absolute Gasteiger partial charge is 0.407 e. The lowest BCUT2D eigenvalue weighted by Crippen LogP contribution is -2.48. The lowest BCUT2D eigenvalue weighted by Gasteiger charge is -2.25. The molecule has 0 aliphatic heterocycles. The van der Waals surface area contributed by atoms with E-state index in [-0.39, 0.29) is 18.5 Å². The molecule has 0 saturated heterocycles. The number of carbonyl (C=O) groups is 2. The van der Waals surface area contributed by atoms with Gasteiger partial charge in [-0.05, 0) is 26.7 Å². The van der Waals surface area contributed by atoms with Gasteiger partial charge in [0.05, 0.1) is 6.04 Å². The van der Waals surface area contributed by atoms with Gasteiger partial charge in [-0.3, -0.25) is 0 Å². The van der Waals surface area contributed by atoms with Crippen molar-refractivity contribution in [1.82, 2.24) is 10.6 Å². The van der Waals surface area contributed by atoms with Crippen LogP contribution < -0.4 is 10.6 Å². The minimum absolute atomic E-state index is 0.152. The monoisotopic (exact) mass is 352 g/mol. The van der Waals surface area contributed by atoms with Crippen LogP contribution in [-0.4, -0.2) is 42.3 Å². The summed E-state index contributed by atoms with van der Waals surface area (Å²) in [5.74, 6) is 0.152. The molecule has 0 heterocycles. The van der Waals surface area contributed by atoms with Gasteiger partial charge in [0.2, 0.25) is 0 Å². The van der Waals surface area contributed by atoms with E-state index in [1.54, 1.807) is 20.8 Å². The summed E-state index contributed by atoms with van der Waals surface area (Å²) in [6.45, 7) is 9.89. The van der Waals surface area contributed by atoms with Crippen LogP contribution in [0, 0.1) is 5.92 Å². The Labute approximate surface area is 129 Å². The molecule has 20 heavy (non-hydrogen) atoms. The molecule has 0 fully saturated rings. The number of carbonyl (C=O) groups excluding carboxylic acids is 2. The number of ether oxygens (including phenoxy) is 2. The number of nitrogens with one attached hydrogen (secondary N) is 2. The Morgan fingerprint density at radius 3 is 2.25 bits per heavy atom. The van der Waals surface area contributed by atoms with Gasteiger partial charge in [-0.2, -0.15) is 0 Å². The number of alkyl carbamates (subject to hydrolysis) is 2. The molecule has 118 valence electrons. The molecule has 0 aliphatic rings. The van der Waals surface area contributed by atoms with Crippen molar-refractivity contribution in [2.75, 3.05) is 18.5 Å². The van der Waals surface area contributed by atoms with Gasteiger partial charge < -0.3 is 20.1 Å². The molecular formula is C13H25BrN2O4. The van der Waals surface area contributed by atoms with Crippen LogP contribution in [0.2, 0.25) is 0 Å². The summed E-state index contributed by atoms with van der Waals surface area (Å²) in [6.07, 6.45) is -0.993. The molecule has 6 nitrogen and oxygen atoms in total. The molecule has 1 atom stereocenters. The van der Waals surface area contributed by atoms with Gasteiger partial charge in [0, 0.05) is 11.9 Å². The Kier molecular flexibility index (Phi) is 8.60. The van der Waals surface area contributed by atoms with Gasteiger partial charge in [0.25, 0.3) is 0 Å². The Morgan fingerprint density at radius 1 is 1.20 bits per heavy atom. The van der Waals surface area contributed by atoms with Crippen molar-refractivity contribution < 1.29 is 19.1 Å². The van der Waals surface area contributed by atoms with Crippen molar-refractivity contribution in [3.8, 4) is 0 Å². The Bertz CT molecular complexity index is 316. The lowest BCUT2D eigenvalue weighted by molar-refractivity contribution is 0.0488. The molecule has 0 saturated carbocycles. The second kappa shape index (κ2) is 9.05. The molecule has 0 aliphatic carbocycles. The standard InChI is InChI=1S/C13H25BrN2O4/c1-9(2)10(8-15-11(17)19-7-6-14)16-12(18)20-13(3,4)5/h9-10H,6-8H2,1-5H3,(H,15,17)(H,16,18)/t10-/m0/s1. The largest absolute Gasteiger partial charge is 0.449 e. The number of rotatable bonds is 6. The van der Waals surface area contributed by atoms with E-state index in [0.29, 0.717) is 11.9 Å². The Balaban J connectivity index is 4.24. The van der Waals surface area contributed by atoms with Gasteiger partial charge in [-0.25, -0.2) is 9.59 Å². The number of amides is 2. The Morgan fingerprint density at radius 2 is 1.80 bits per heavy atom. The fourth-order valence-electron chi connectivity index (χ4n) is 1.29. The SMILES string of the molecule is CC(C)[C@H](CNC(=O)OCCBr)NC(=O)OC(C)(C)C. The summed E-state index contributed by atoms with van der Waals surface area (Å²) in [4.78, 5) is 23.1. The number of hydrogen-bond donors (Lipinski definition) is 2. The van der Waals surface area contributed by atoms with Crippen molar-refractivity contribution in [2.24, 2.45) is 5.92 Å². The van der Waals surface area contributed by atoms with E-state index in [2.05, 4.69) is 26.6 Å². The minimum atomic E-state index is -0.548. The van der Waals surface area contributed by atoms with Crippen LogP contribution in [0.15, 0.2) is 0 Å². The van der Waals surface area contributed by atoms with Crippen molar-refractivity contribution >= 4 is 28.1 Å². The molecule has 7 heteroatoms. The van der Waals surface area contributed by atoms with E-state index in [1.807, 2.05) is 13.8 Å². The fraction of sp³-hybridized carbons (Fsp3) is 0.846. The molecular weight excluding hydrogens is 328 g/mol. The van der Waals surface area contributed by atoms with Crippen LogP contribution >= 0.6 is 15.9 Å². The first kappa shape index (κ1) is 19.0. The highest BCUT2D eigenvalue weighted by molar-refractivity contribution is 9.09. The van der Waals surface area contributed by atoms with Gasteiger partial charge in [-0.1, -0.05) is 29.8 Å². The minimum Gasteiger partial charge on any atom is -0.449 e. The van der Waals surface area contributed by atoms with Gasteiger partial charge in [-0.15, -0.1) is 0 Å². The molecule has 0 radical (unpaired) electrons. The molecule has 0 spiro atoms. The van der Waals surface area contributed by atoms with Crippen LogP contribution in [0.4, 0.5) is 9.59 Å². The van der Waals surface area contributed by atoms with Crippen LogP contribution in [0.3, 0.4) is 0 Å². The highest BCUT2D eigenvalue weighted by atomic mass is 79.9. The van der Waals surface area contributed by atoms with Gasteiger partial charge in [0.15, 0.2) is 0 Å². The zero-order valence-corrected chi connectivity index (χ0v) is 14.4. The average Bonchev–Trinajstić information content (AvgIpc) is 2.29. The van der Waals surface area contributed by atoms with E-state index in [0.717, 1.165) is 0 Å². The van der Waals surface area contributed by atoms with E-state index < -0.39 is 17.8 Å². The summed E-state index contributed by atoms with van der Waals surface area (Å²) >= 11 is 3.16. The highest BCUT2D eigenvalue weighted by Gasteiger charge is 2.21. The number of alkyl halides is 1. The second-order valence-electron chi connectivity index (χ2n) is 5.70. The molecule has 2 amide bonds. The summed E-state index contributed by atoms with van der Waals surface area (Å²) in [7, 11) is 0. The quantitative estimate of drug-likeness (QED) is 0.720. The first-order valence-electron chi connectivity index (χ1n) is 6.62. The Hall–Kier alpha value is -0.980. The summed E-state index contributed by atoms with van der Waals surface area (Å²) in [5, 5.41) is 5.95. The molecule has 0 aromatic rings. The average molecular weight is 353 g/mol. The van der Waals surface area contributed by atoms with E-state index in [1.165, 1.54) is 0 Å². The van der Waals surface area contributed by atoms with Crippen LogP contribution in [0.25, 0.3) is 0 Å². The molecule has 0 unspecified atom stereocenters. The zero-order chi connectivity index (χ0) is 15.8. The summed E-state index contributed by atoms with van der Waals surface area (Å²) < 4.78 is 10.1. The van der Waals surface area contributed by atoms with E-state index >= 15 is 0 Å². The molecule has 2 N–H and O–H groups in total. The normalized spacial score (nSPS) is 12.8. The lowest BCUT2D eigenvalue weighted by atomic mass is 10.1. The number of halogens is 1. The van der Waals surface area contributed by atoms with E-state index in [4.69, 9.17) is 9.47 Å². The van der Waals surface area contributed by atoms with Crippen molar-refractivity contribution in [2.45, 2.75) is 46.3 Å². The van der Waals surface area contributed by atoms with Crippen LogP contribution in [0.5, 0.6) is 0 Å². The third-order valence-corrected chi connectivity index (χ3v) is 2.61. The third kappa shape index (κ3) is 9.89. The van der Waals surface area contributed by atoms with E-state index in [9.17, 15) is 9.59 Å². The predicted octanol–water partition coefficient (Wildman–Crippen LogP) is 2.66. The molecule has 0 aromatic heterocycles. The molecule has 0 rings (SSSR count). The molecule has 0 bridgehead atoms. The van der Waals surface area contributed by atoms with Crippen molar-refractivity contribution in [3.63, 3.8) is 0 Å². The van der Waals surface area contributed by atoms with Crippen LogP contribution in [-0.2, 0) is 9.47 Å². The van der Waals surface area contributed by atoms with Crippen LogP contribution in [0.1, 0.15) is 34.6 Å². The highest BCUT2D eigenvalue weighted by Crippen LogP contribution is 2.08. The first-order valence-corrected chi connectivity index (χ1v) is 7.74.